The predicted molar refractivity (Wildman–Crippen MR) is 87.6 cm³/mol. The molecule has 6 heteroatoms. The summed E-state index contributed by atoms with van der Waals surface area (Å²) < 4.78 is 5.34. The summed E-state index contributed by atoms with van der Waals surface area (Å²) >= 11 is 0. The first-order valence-corrected chi connectivity index (χ1v) is 6.96. The van der Waals surface area contributed by atoms with Crippen molar-refractivity contribution in [2.24, 2.45) is 0 Å². The highest BCUT2D eigenvalue weighted by atomic mass is 16.6. The molecule has 23 heavy (non-hydrogen) atoms. The van der Waals surface area contributed by atoms with Gasteiger partial charge in [-0.3, -0.25) is 14.9 Å². The van der Waals surface area contributed by atoms with E-state index in [-0.39, 0.29) is 24.0 Å². The SMILES string of the molecule is C=CCN(C(=O)COc1ccccc1[N+](=O)[O-])c1ccccc1. The molecule has 0 radical (unpaired) electrons. The largest absolute Gasteiger partial charge is 0.477 e. The molecule has 0 saturated carbocycles. The van der Waals surface area contributed by atoms with Gasteiger partial charge in [0.2, 0.25) is 0 Å². The molecule has 0 heterocycles. The molecule has 0 N–H and O–H groups in total. The zero-order chi connectivity index (χ0) is 16.7. The Hall–Kier alpha value is -3.15. The second-order valence-electron chi connectivity index (χ2n) is 4.64. The summed E-state index contributed by atoms with van der Waals surface area (Å²) in [7, 11) is 0. The molecule has 0 fully saturated rings. The fraction of sp³-hybridized carbons (Fsp3) is 0.118. The van der Waals surface area contributed by atoms with Crippen molar-refractivity contribution in [3.05, 3.63) is 77.4 Å². The molecule has 0 unspecified atom stereocenters. The number of nitro groups is 1. The topological polar surface area (TPSA) is 72.7 Å². The van der Waals surface area contributed by atoms with E-state index in [0.29, 0.717) is 12.2 Å². The first kappa shape index (κ1) is 16.2. The number of para-hydroxylation sites is 3. The van der Waals surface area contributed by atoms with Gasteiger partial charge in [-0.05, 0) is 18.2 Å². The number of carbonyl (C=O) groups excluding carboxylic acids is 1. The molecule has 0 bridgehead atoms. The first-order valence-electron chi connectivity index (χ1n) is 6.96. The van der Waals surface area contributed by atoms with Crippen LogP contribution in [0.2, 0.25) is 0 Å². The van der Waals surface area contributed by atoms with Crippen molar-refractivity contribution in [1.29, 1.82) is 0 Å². The quantitative estimate of drug-likeness (QED) is 0.447. The second-order valence-corrected chi connectivity index (χ2v) is 4.64. The number of carbonyl (C=O) groups is 1. The average molecular weight is 312 g/mol. The Morgan fingerprint density at radius 1 is 1.17 bits per heavy atom. The van der Waals surface area contributed by atoms with Crippen molar-refractivity contribution in [2.45, 2.75) is 0 Å². The minimum atomic E-state index is -0.543. The van der Waals surface area contributed by atoms with Crippen molar-refractivity contribution in [1.82, 2.24) is 0 Å². The van der Waals surface area contributed by atoms with E-state index in [0.717, 1.165) is 0 Å². The minimum Gasteiger partial charge on any atom is -0.477 e. The Morgan fingerprint density at radius 2 is 1.83 bits per heavy atom. The van der Waals surface area contributed by atoms with Crippen LogP contribution in [0, 0.1) is 10.1 Å². The van der Waals surface area contributed by atoms with Gasteiger partial charge >= 0.3 is 5.69 Å². The highest BCUT2D eigenvalue weighted by Crippen LogP contribution is 2.26. The number of anilines is 1. The van der Waals surface area contributed by atoms with E-state index in [1.807, 2.05) is 18.2 Å². The summed E-state index contributed by atoms with van der Waals surface area (Å²) in [6, 6.07) is 15.0. The molecule has 0 aromatic heterocycles. The zero-order valence-corrected chi connectivity index (χ0v) is 12.4. The number of benzene rings is 2. The highest BCUT2D eigenvalue weighted by molar-refractivity contribution is 5.94. The van der Waals surface area contributed by atoms with Crippen LogP contribution in [0.4, 0.5) is 11.4 Å². The van der Waals surface area contributed by atoms with Crippen molar-refractivity contribution in [2.75, 3.05) is 18.1 Å². The van der Waals surface area contributed by atoms with E-state index in [9.17, 15) is 14.9 Å². The Labute approximate surface area is 133 Å². The summed E-state index contributed by atoms with van der Waals surface area (Å²) in [6.45, 7) is 3.66. The standard InChI is InChI=1S/C17H16N2O4/c1-2-12-18(14-8-4-3-5-9-14)17(20)13-23-16-11-7-6-10-15(16)19(21)22/h2-11H,1,12-13H2. The zero-order valence-electron chi connectivity index (χ0n) is 12.4. The predicted octanol–water partition coefficient (Wildman–Crippen LogP) is 3.19. The second kappa shape index (κ2) is 7.74. The van der Waals surface area contributed by atoms with Crippen LogP contribution in [-0.4, -0.2) is 24.0 Å². The van der Waals surface area contributed by atoms with Gasteiger partial charge in [0.05, 0.1) is 4.92 Å². The van der Waals surface area contributed by atoms with E-state index < -0.39 is 4.92 Å². The van der Waals surface area contributed by atoms with E-state index in [4.69, 9.17) is 4.74 Å². The van der Waals surface area contributed by atoms with Crippen LogP contribution >= 0.6 is 0 Å². The van der Waals surface area contributed by atoms with Gasteiger partial charge in [-0.1, -0.05) is 36.4 Å². The molecule has 0 aliphatic heterocycles. The first-order chi connectivity index (χ1) is 11.1. The third-order valence-corrected chi connectivity index (χ3v) is 3.09. The molecular formula is C17H16N2O4. The van der Waals surface area contributed by atoms with Crippen molar-refractivity contribution < 1.29 is 14.5 Å². The summed E-state index contributed by atoms with van der Waals surface area (Å²) in [5.74, 6) is -0.244. The number of ether oxygens (including phenoxy) is 1. The molecule has 2 rings (SSSR count). The van der Waals surface area contributed by atoms with Crippen LogP contribution < -0.4 is 9.64 Å². The fourth-order valence-corrected chi connectivity index (χ4v) is 2.04. The lowest BCUT2D eigenvalue weighted by Crippen LogP contribution is -2.35. The van der Waals surface area contributed by atoms with Crippen LogP contribution in [0.25, 0.3) is 0 Å². The van der Waals surface area contributed by atoms with Gasteiger partial charge in [-0.25, -0.2) is 0 Å². The molecule has 0 aliphatic rings. The molecule has 0 saturated heterocycles. The van der Waals surface area contributed by atoms with Crippen LogP contribution in [0.1, 0.15) is 0 Å². The Bertz CT molecular complexity index is 701. The third-order valence-electron chi connectivity index (χ3n) is 3.09. The number of nitrogens with zero attached hydrogens (tertiary/aromatic N) is 2. The van der Waals surface area contributed by atoms with E-state index in [1.54, 1.807) is 30.3 Å². The third kappa shape index (κ3) is 4.16. The number of nitro benzene ring substituents is 1. The van der Waals surface area contributed by atoms with Gasteiger partial charge in [-0.2, -0.15) is 0 Å². The molecule has 0 spiro atoms. The molecule has 6 nitrogen and oxygen atoms in total. The van der Waals surface area contributed by atoms with Gasteiger partial charge in [0.1, 0.15) is 0 Å². The van der Waals surface area contributed by atoms with E-state index in [1.165, 1.54) is 17.0 Å². The monoisotopic (exact) mass is 312 g/mol. The van der Waals surface area contributed by atoms with Gasteiger partial charge in [-0.15, -0.1) is 6.58 Å². The van der Waals surface area contributed by atoms with Gasteiger partial charge in [0.15, 0.2) is 12.4 Å². The summed E-state index contributed by atoms with van der Waals surface area (Å²) in [5, 5.41) is 10.9. The lowest BCUT2D eigenvalue weighted by molar-refractivity contribution is -0.385. The van der Waals surface area contributed by atoms with Crippen molar-refractivity contribution >= 4 is 17.3 Å². The normalized spacial score (nSPS) is 9.91. The molecule has 2 aromatic rings. The maximum atomic E-state index is 12.4. The van der Waals surface area contributed by atoms with Crippen LogP contribution in [-0.2, 0) is 4.79 Å². The van der Waals surface area contributed by atoms with Crippen molar-refractivity contribution in [3.8, 4) is 5.75 Å². The molecule has 1 amide bonds. The molecule has 0 aliphatic carbocycles. The van der Waals surface area contributed by atoms with Crippen LogP contribution in [0.15, 0.2) is 67.3 Å². The molecule has 2 aromatic carbocycles. The number of hydrogen-bond donors (Lipinski definition) is 0. The van der Waals surface area contributed by atoms with Crippen LogP contribution in [0.5, 0.6) is 5.75 Å². The summed E-state index contributed by atoms with van der Waals surface area (Å²) in [6.07, 6.45) is 1.61. The van der Waals surface area contributed by atoms with Crippen molar-refractivity contribution in [3.63, 3.8) is 0 Å². The Balaban J connectivity index is 2.11. The lowest BCUT2D eigenvalue weighted by Gasteiger charge is -2.21. The van der Waals surface area contributed by atoms with E-state index >= 15 is 0 Å². The Morgan fingerprint density at radius 3 is 2.48 bits per heavy atom. The van der Waals surface area contributed by atoms with Crippen LogP contribution in [0.3, 0.4) is 0 Å². The summed E-state index contributed by atoms with van der Waals surface area (Å²) in [4.78, 5) is 24.3. The average Bonchev–Trinajstić information content (AvgIpc) is 2.58. The lowest BCUT2D eigenvalue weighted by atomic mass is 10.2. The Kier molecular flexibility index (Phi) is 5.46. The number of rotatable bonds is 7. The van der Waals surface area contributed by atoms with E-state index in [2.05, 4.69) is 6.58 Å². The van der Waals surface area contributed by atoms with Gasteiger partial charge in [0, 0.05) is 18.3 Å². The smallest absolute Gasteiger partial charge is 0.310 e. The highest BCUT2D eigenvalue weighted by Gasteiger charge is 2.18. The maximum absolute atomic E-state index is 12.4. The fourth-order valence-electron chi connectivity index (χ4n) is 2.04. The molecular weight excluding hydrogens is 296 g/mol. The summed E-state index contributed by atoms with van der Waals surface area (Å²) in [5.41, 5.74) is 0.541. The molecule has 0 atom stereocenters. The van der Waals surface area contributed by atoms with Gasteiger partial charge in [0.25, 0.3) is 5.91 Å². The number of hydrogen-bond acceptors (Lipinski definition) is 4. The number of amides is 1. The van der Waals surface area contributed by atoms with Gasteiger partial charge < -0.3 is 9.64 Å². The molecule has 118 valence electrons. The maximum Gasteiger partial charge on any atom is 0.310 e. The minimum absolute atomic E-state index is 0.0671.